The fourth-order valence-electron chi connectivity index (χ4n) is 2.07. The minimum absolute atomic E-state index is 0.611. The van der Waals surface area contributed by atoms with Crippen LogP contribution in [-0.2, 0) is 4.43 Å². The lowest BCUT2D eigenvalue weighted by Gasteiger charge is -2.36. The van der Waals surface area contributed by atoms with Crippen LogP contribution in [0.15, 0.2) is 0 Å². The molecule has 0 aromatic carbocycles. The molecule has 0 amide bonds. The van der Waals surface area contributed by atoms with Crippen LogP contribution >= 0.6 is 0 Å². The molecule has 0 fully saturated rings. The first-order valence-electron chi connectivity index (χ1n) is 5.76. The standard InChI is InChI=1S/C11H28N2OSi/c1-8-11(13(4)5)15(6,7)14-10-9-12(2)3/h11H,8-10H2,1-7H3. The summed E-state index contributed by atoms with van der Waals surface area (Å²) in [6.07, 6.45) is 1.17. The van der Waals surface area contributed by atoms with Crippen LogP contribution in [0.2, 0.25) is 13.1 Å². The van der Waals surface area contributed by atoms with Crippen LogP contribution in [0.5, 0.6) is 0 Å². The van der Waals surface area contributed by atoms with Crippen molar-refractivity contribution in [1.29, 1.82) is 0 Å². The predicted molar refractivity (Wildman–Crippen MR) is 69.8 cm³/mol. The fourth-order valence-corrected chi connectivity index (χ4v) is 5.10. The maximum atomic E-state index is 6.11. The van der Waals surface area contributed by atoms with E-state index in [4.69, 9.17) is 4.43 Å². The van der Waals surface area contributed by atoms with Crippen molar-refractivity contribution < 1.29 is 4.43 Å². The van der Waals surface area contributed by atoms with Crippen LogP contribution in [0.4, 0.5) is 0 Å². The number of rotatable bonds is 7. The van der Waals surface area contributed by atoms with Crippen molar-refractivity contribution in [1.82, 2.24) is 9.80 Å². The summed E-state index contributed by atoms with van der Waals surface area (Å²) in [5.74, 6) is 0. The maximum Gasteiger partial charge on any atom is 0.203 e. The molecule has 0 N–H and O–H groups in total. The molecule has 0 bridgehead atoms. The van der Waals surface area contributed by atoms with Crippen LogP contribution in [0.25, 0.3) is 0 Å². The maximum absolute atomic E-state index is 6.11. The molecule has 1 atom stereocenters. The van der Waals surface area contributed by atoms with E-state index < -0.39 is 8.32 Å². The Balaban J connectivity index is 4.13. The van der Waals surface area contributed by atoms with Gasteiger partial charge < -0.3 is 14.2 Å². The van der Waals surface area contributed by atoms with Crippen LogP contribution in [0, 0.1) is 0 Å². The first kappa shape index (κ1) is 15.1. The van der Waals surface area contributed by atoms with E-state index in [1.807, 2.05) is 0 Å². The molecule has 0 spiro atoms. The van der Waals surface area contributed by atoms with E-state index in [0.717, 1.165) is 13.2 Å². The molecule has 0 aromatic heterocycles. The van der Waals surface area contributed by atoms with Gasteiger partial charge in [-0.2, -0.15) is 0 Å². The van der Waals surface area contributed by atoms with E-state index in [9.17, 15) is 0 Å². The van der Waals surface area contributed by atoms with E-state index in [-0.39, 0.29) is 0 Å². The second-order valence-corrected chi connectivity index (χ2v) is 9.30. The Kier molecular flexibility index (Phi) is 6.67. The van der Waals surface area contributed by atoms with E-state index >= 15 is 0 Å². The molecule has 15 heavy (non-hydrogen) atoms. The monoisotopic (exact) mass is 232 g/mol. The highest BCUT2D eigenvalue weighted by molar-refractivity contribution is 6.72. The SMILES string of the molecule is CCC(N(C)C)[Si](C)(C)OCCN(C)C. The van der Waals surface area contributed by atoms with E-state index in [1.54, 1.807) is 0 Å². The van der Waals surface area contributed by atoms with Crippen LogP contribution in [0.1, 0.15) is 13.3 Å². The third-order valence-corrected chi connectivity index (χ3v) is 6.30. The average Bonchev–Trinajstić information content (AvgIpc) is 2.01. The third-order valence-electron chi connectivity index (χ3n) is 2.83. The molecule has 0 heterocycles. The highest BCUT2D eigenvalue weighted by atomic mass is 28.4. The van der Waals surface area contributed by atoms with Gasteiger partial charge in [-0.15, -0.1) is 0 Å². The second-order valence-electron chi connectivity index (χ2n) is 5.14. The molecule has 0 saturated heterocycles. The van der Waals surface area contributed by atoms with Gasteiger partial charge in [-0.05, 0) is 47.7 Å². The van der Waals surface area contributed by atoms with E-state index in [0.29, 0.717) is 5.67 Å². The van der Waals surface area contributed by atoms with Gasteiger partial charge in [0, 0.05) is 18.8 Å². The van der Waals surface area contributed by atoms with E-state index in [2.05, 4.69) is 58.0 Å². The lowest BCUT2D eigenvalue weighted by Crippen LogP contribution is -2.52. The Hall–Kier alpha value is 0.0969. The number of nitrogens with zero attached hydrogens (tertiary/aromatic N) is 2. The summed E-state index contributed by atoms with van der Waals surface area (Å²) in [5, 5.41) is 0. The van der Waals surface area contributed by atoms with Crippen molar-refractivity contribution in [2.75, 3.05) is 41.3 Å². The third kappa shape index (κ3) is 5.66. The van der Waals surface area contributed by atoms with Gasteiger partial charge in [0.25, 0.3) is 0 Å². The first-order chi connectivity index (χ1) is 6.81. The Labute approximate surface area is 96.5 Å². The molecule has 0 radical (unpaired) electrons. The molecule has 0 aliphatic heterocycles. The van der Waals surface area contributed by atoms with Gasteiger partial charge in [0.05, 0.1) is 0 Å². The number of likely N-dealkylation sites (N-methyl/N-ethyl adjacent to an activating group) is 1. The molecule has 0 aliphatic carbocycles. The van der Waals surface area contributed by atoms with Crippen LogP contribution < -0.4 is 0 Å². The summed E-state index contributed by atoms with van der Waals surface area (Å²) < 4.78 is 6.11. The summed E-state index contributed by atoms with van der Waals surface area (Å²) in [6, 6.07) is 0. The van der Waals surface area contributed by atoms with Gasteiger partial charge in [0.1, 0.15) is 0 Å². The second kappa shape index (κ2) is 6.63. The molecule has 3 nitrogen and oxygen atoms in total. The first-order valence-corrected chi connectivity index (χ1v) is 8.75. The topological polar surface area (TPSA) is 15.7 Å². The van der Waals surface area contributed by atoms with Gasteiger partial charge in [0.2, 0.25) is 8.32 Å². The molecule has 0 aliphatic rings. The normalized spacial score (nSPS) is 15.0. The fraction of sp³-hybridized carbons (Fsp3) is 1.00. The Morgan fingerprint density at radius 2 is 1.67 bits per heavy atom. The summed E-state index contributed by atoms with van der Waals surface area (Å²) in [4.78, 5) is 4.48. The Bertz CT molecular complexity index is 172. The molecule has 0 saturated carbocycles. The predicted octanol–water partition coefficient (Wildman–Crippen LogP) is 1.65. The highest BCUT2D eigenvalue weighted by Gasteiger charge is 2.33. The molecule has 1 unspecified atom stereocenters. The van der Waals surface area contributed by atoms with Gasteiger partial charge in [-0.3, -0.25) is 0 Å². The van der Waals surface area contributed by atoms with Gasteiger partial charge in [-0.25, -0.2) is 0 Å². The molecule has 0 aromatic rings. The van der Waals surface area contributed by atoms with Crippen molar-refractivity contribution >= 4 is 8.32 Å². The van der Waals surface area contributed by atoms with Crippen molar-refractivity contribution in [2.24, 2.45) is 0 Å². The highest BCUT2D eigenvalue weighted by Crippen LogP contribution is 2.17. The largest absolute Gasteiger partial charge is 0.414 e. The zero-order chi connectivity index (χ0) is 12.1. The minimum Gasteiger partial charge on any atom is -0.414 e. The van der Waals surface area contributed by atoms with Gasteiger partial charge >= 0.3 is 0 Å². The zero-order valence-corrected chi connectivity index (χ0v) is 12.5. The van der Waals surface area contributed by atoms with Crippen molar-refractivity contribution in [3.05, 3.63) is 0 Å². The number of hydrogen-bond donors (Lipinski definition) is 0. The molecule has 0 rings (SSSR count). The van der Waals surface area contributed by atoms with Crippen molar-refractivity contribution in [3.8, 4) is 0 Å². The summed E-state index contributed by atoms with van der Waals surface area (Å²) in [7, 11) is 6.91. The van der Waals surface area contributed by atoms with Crippen LogP contribution in [-0.4, -0.2) is 65.1 Å². The average molecular weight is 232 g/mol. The Morgan fingerprint density at radius 1 is 1.13 bits per heavy atom. The zero-order valence-electron chi connectivity index (χ0n) is 11.5. The van der Waals surface area contributed by atoms with E-state index in [1.165, 1.54) is 6.42 Å². The lowest BCUT2D eigenvalue weighted by molar-refractivity contribution is 0.225. The molecular formula is C11H28N2OSi. The summed E-state index contributed by atoms with van der Waals surface area (Å²) >= 11 is 0. The van der Waals surface area contributed by atoms with Gasteiger partial charge in [-0.1, -0.05) is 6.92 Å². The van der Waals surface area contributed by atoms with Crippen LogP contribution in [0.3, 0.4) is 0 Å². The smallest absolute Gasteiger partial charge is 0.203 e. The minimum atomic E-state index is -1.56. The summed E-state index contributed by atoms with van der Waals surface area (Å²) in [5.41, 5.74) is 0.611. The van der Waals surface area contributed by atoms with Crippen molar-refractivity contribution in [3.63, 3.8) is 0 Å². The van der Waals surface area contributed by atoms with Gasteiger partial charge in [0.15, 0.2) is 0 Å². The molecular weight excluding hydrogens is 204 g/mol. The molecule has 4 heteroatoms. The quantitative estimate of drug-likeness (QED) is 0.621. The molecule has 92 valence electrons. The Morgan fingerprint density at radius 3 is 2.00 bits per heavy atom. The lowest BCUT2D eigenvalue weighted by atomic mass is 10.4. The van der Waals surface area contributed by atoms with Crippen molar-refractivity contribution in [2.45, 2.75) is 32.1 Å². The summed E-state index contributed by atoms with van der Waals surface area (Å²) in [6.45, 7) is 8.75. The number of hydrogen-bond acceptors (Lipinski definition) is 3.